The third-order valence-corrected chi connectivity index (χ3v) is 9.13. The van der Waals surface area contributed by atoms with Gasteiger partial charge in [-0.25, -0.2) is 27.2 Å². The SMILES string of the molecule is Cc1cnc(-c2ccnc(N3CCC(S(C)(=O)=O)CC3)n2)cc1-n1c(C)cc(OCc2ncc(F)cc2F)c(Cl)c1=O. The summed E-state index contributed by atoms with van der Waals surface area (Å²) in [6.07, 6.45) is 6.36. The van der Waals surface area contributed by atoms with Gasteiger partial charge in [0.25, 0.3) is 5.56 Å². The Bertz CT molecular complexity index is 1830. The molecule has 0 aliphatic carbocycles. The van der Waals surface area contributed by atoms with Crippen LogP contribution in [0.1, 0.15) is 29.8 Å². The molecule has 1 aliphatic rings. The van der Waals surface area contributed by atoms with E-state index in [1.807, 2.05) is 4.90 Å². The molecule has 42 heavy (non-hydrogen) atoms. The molecule has 14 heteroatoms. The molecular weight excluding hydrogens is 590 g/mol. The summed E-state index contributed by atoms with van der Waals surface area (Å²) in [7, 11) is -3.10. The highest BCUT2D eigenvalue weighted by atomic mass is 35.5. The lowest BCUT2D eigenvalue weighted by molar-refractivity contribution is 0.292. The van der Waals surface area contributed by atoms with Crippen molar-refractivity contribution < 1.29 is 21.9 Å². The summed E-state index contributed by atoms with van der Waals surface area (Å²) in [5, 5.41) is -0.591. The molecule has 0 radical (unpaired) electrons. The van der Waals surface area contributed by atoms with Crippen LogP contribution in [0.3, 0.4) is 0 Å². The Labute approximate surface area is 245 Å². The Balaban J connectivity index is 1.42. The lowest BCUT2D eigenvalue weighted by atomic mass is 10.1. The summed E-state index contributed by atoms with van der Waals surface area (Å²) < 4.78 is 58.0. The fraction of sp³-hybridized carbons (Fsp3) is 0.321. The quantitative estimate of drug-likeness (QED) is 0.300. The summed E-state index contributed by atoms with van der Waals surface area (Å²) in [6, 6.07) is 5.67. The number of nitrogens with zero attached hydrogens (tertiary/aromatic N) is 6. The van der Waals surface area contributed by atoms with Crippen LogP contribution in [0.2, 0.25) is 5.02 Å². The molecule has 1 fully saturated rings. The van der Waals surface area contributed by atoms with Gasteiger partial charge in [-0.1, -0.05) is 11.6 Å². The smallest absolute Gasteiger partial charge is 0.277 e. The van der Waals surface area contributed by atoms with E-state index in [0.717, 1.165) is 6.20 Å². The Morgan fingerprint density at radius 1 is 1.05 bits per heavy atom. The minimum Gasteiger partial charge on any atom is -0.485 e. The maximum Gasteiger partial charge on any atom is 0.277 e. The number of anilines is 1. The second-order valence-electron chi connectivity index (χ2n) is 10.1. The lowest BCUT2D eigenvalue weighted by Gasteiger charge is -2.31. The van der Waals surface area contributed by atoms with Gasteiger partial charge in [-0.3, -0.25) is 19.3 Å². The van der Waals surface area contributed by atoms with E-state index in [9.17, 15) is 22.0 Å². The average Bonchev–Trinajstić information content (AvgIpc) is 2.95. The third kappa shape index (κ3) is 6.12. The maximum atomic E-state index is 14.0. The van der Waals surface area contributed by atoms with E-state index in [0.29, 0.717) is 66.3 Å². The monoisotopic (exact) mass is 616 g/mol. The summed E-state index contributed by atoms with van der Waals surface area (Å²) in [5.41, 5.74) is 2.04. The number of hydrogen-bond donors (Lipinski definition) is 0. The first-order valence-electron chi connectivity index (χ1n) is 13.0. The van der Waals surface area contributed by atoms with Crippen LogP contribution in [0, 0.1) is 25.5 Å². The molecule has 0 bridgehead atoms. The normalized spacial score (nSPS) is 14.3. The lowest BCUT2D eigenvalue weighted by Crippen LogP contribution is -2.39. The van der Waals surface area contributed by atoms with E-state index < -0.39 is 27.0 Å². The Kier molecular flexibility index (Phi) is 8.24. The fourth-order valence-corrected chi connectivity index (χ4v) is 6.06. The van der Waals surface area contributed by atoms with Crippen LogP contribution in [-0.4, -0.2) is 57.5 Å². The zero-order valence-corrected chi connectivity index (χ0v) is 24.6. The van der Waals surface area contributed by atoms with Crippen LogP contribution < -0.4 is 15.2 Å². The third-order valence-electron chi connectivity index (χ3n) is 7.10. The molecule has 220 valence electrons. The van der Waals surface area contributed by atoms with Gasteiger partial charge in [0.05, 0.1) is 28.5 Å². The van der Waals surface area contributed by atoms with E-state index in [4.69, 9.17) is 16.3 Å². The van der Waals surface area contributed by atoms with E-state index in [2.05, 4.69) is 19.9 Å². The van der Waals surface area contributed by atoms with Crippen molar-refractivity contribution >= 4 is 27.4 Å². The predicted molar refractivity (Wildman–Crippen MR) is 154 cm³/mol. The second-order valence-corrected chi connectivity index (χ2v) is 12.8. The van der Waals surface area contributed by atoms with Crippen molar-refractivity contribution in [3.05, 3.63) is 86.8 Å². The van der Waals surface area contributed by atoms with Gasteiger partial charge in [0, 0.05) is 49.6 Å². The van der Waals surface area contributed by atoms with Gasteiger partial charge in [-0.15, -0.1) is 0 Å². The molecular formula is C28H27ClF2N6O4S. The molecule has 5 rings (SSSR count). The van der Waals surface area contributed by atoms with Crippen molar-refractivity contribution in [2.24, 2.45) is 0 Å². The number of pyridine rings is 3. The van der Waals surface area contributed by atoms with Gasteiger partial charge in [-0.05, 0) is 44.4 Å². The van der Waals surface area contributed by atoms with Gasteiger partial charge in [0.15, 0.2) is 5.82 Å². The van der Waals surface area contributed by atoms with Gasteiger partial charge in [0.2, 0.25) is 5.95 Å². The summed E-state index contributed by atoms with van der Waals surface area (Å²) in [5.74, 6) is -1.18. The first-order valence-corrected chi connectivity index (χ1v) is 15.3. The van der Waals surface area contributed by atoms with Gasteiger partial charge in [0.1, 0.15) is 38.7 Å². The standard InChI is InChI=1S/C28H27ClF2N6O4S/c1-16-13-33-22(21-4-7-32-28(35-21)36-8-5-19(6-9-36)42(3,39)40)12-24(16)37-17(2)10-25(26(29)27(37)38)41-15-23-20(31)11-18(30)14-34-23/h4,7,10-14,19H,5-6,8-9,15H2,1-3H3. The number of rotatable bonds is 7. The summed E-state index contributed by atoms with van der Waals surface area (Å²) in [6.45, 7) is 4.17. The molecule has 0 aromatic carbocycles. The zero-order valence-electron chi connectivity index (χ0n) is 23.0. The molecule has 10 nitrogen and oxygen atoms in total. The topological polar surface area (TPSA) is 120 Å². The van der Waals surface area contributed by atoms with Crippen molar-refractivity contribution in [3.63, 3.8) is 0 Å². The zero-order chi connectivity index (χ0) is 30.2. The van der Waals surface area contributed by atoms with Crippen LogP contribution in [0.4, 0.5) is 14.7 Å². The highest BCUT2D eigenvalue weighted by Crippen LogP contribution is 2.28. The first-order chi connectivity index (χ1) is 19.9. The molecule has 0 saturated carbocycles. The van der Waals surface area contributed by atoms with Crippen LogP contribution >= 0.6 is 11.6 Å². The average molecular weight is 617 g/mol. The first kappa shape index (κ1) is 29.5. The molecule has 4 aromatic heterocycles. The molecule has 1 saturated heterocycles. The number of piperidine rings is 1. The number of hydrogen-bond acceptors (Lipinski definition) is 9. The molecule has 1 aliphatic heterocycles. The predicted octanol–water partition coefficient (Wildman–Crippen LogP) is 4.23. The highest BCUT2D eigenvalue weighted by molar-refractivity contribution is 7.91. The van der Waals surface area contributed by atoms with E-state index in [-0.39, 0.29) is 28.3 Å². The van der Waals surface area contributed by atoms with Crippen molar-refractivity contribution in [2.45, 2.75) is 38.5 Å². The van der Waals surface area contributed by atoms with E-state index in [1.165, 1.54) is 10.8 Å². The molecule has 0 atom stereocenters. The highest BCUT2D eigenvalue weighted by Gasteiger charge is 2.28. The maximum absolute atomic E-state index is 14.0. The van der Waals surface area contributed by atoms with Crippen LogP contribution in [0.15, 0.2) is 47.7 Å². The number of sulfone groups is 1. The summed E-state index contributed by atoms with van der Waals surface area (Å²) in [4.78, 5) is 32.6. The number of aromatic nitrogens is 5. The number of halogens is 3. The minimum absolute atomic E-state index is 0.0351. The molecule has 5 heterocycles. The van der Waals surface area contributed by atoms with Crippen molar-refractivity contribution in [1.82, 2.24) is 24.5 Å². The van der Waals surface area contributed by atoms with Gasteiger partial charge in [-0.2, -0.15) is 0 Å². The fourth-order valence-electron chi connectivity index (χ4n) is 4.80. The van der Waals surface area contributed by atoms with Gasteiger partial charge < -0.3 is 9.64 Å². The Hall–Kier alpha value is -3.97. The van der Waals surface area contributed by atoms with E-state index >= 15 is 0 Å². The molecule has 4 aromatic rings. The number of ether oxygens (including phenoxy) is 1. The molecule has 0 unspecified atom stereocenters. The van der Waals surface area contributed by atoms with Crippen molar-refractivity contribution in [3.8, 4) is 22.8 Å². The van der Waals surface area contributed by atoms with Crippen LogP contribution in [0.5, 0.6) is 5.75 Å². The van der Waals surface area contributed by atoms with Crippen LogP contribution in [-0.2, 0) is 16.4 Å². The largest absolute Gasteiger partial charge is 0.485 e. The summed E-state index contributed by atoms with van der Waals surface area (Å²) >= 11 is 6.39. The van der Waals surface area contributed by atoms with Crippen molar-refractivity contribution in [2.75, 3.05) is 24.2 Å². The second kappa shape index (κ2) is 11.7. The van der Waals surface area contributed by atoms with Crippen LogP contribution in [0.25, 0.3) is 17.1 Å². The Morgan fingerprint density at radius 2 is 1.79 bits per heavy atom. The Morgan fingerprint density at radius 3 is 2.48 bits per heavy atom. The van der Waals surface area contributed by atoms with Gasteiger partial charge >= 0.3 is 0 Å². The molecule has 0 amide bonds. The van der Waals surface area contributed by atoms with E-state index in [1.54, 1.807) is 44.4 Å². The van der Waals surface area contributed by atoms with Crippen molar-refractivity contribution in [1.29, 1.82) is 0 Å². The molecule has 0 N–H and O–H groups in total. The number of aryl methyl sites for hydroxylation is 2. The minimum atomic E-state index is -3.10. The molecule has 0 spiro atoms.